The van der Waals surface area contributed by atoms with E-state index in [1.165, 1.54) is 24.3 Å². The van der Waals surface area contributed by atoms with Crippen molar-refractivity contribution in [3.8, 4) is 0 Å². The van der Waals surface area contributed by atoms with Crippen molar-refractivity contribution in [2.45, 2.75) is 12.5 Å². The van der Waals surface area contributed by atoms with Crippen LogP contribution >= 0.6 is 0 Å². The normalized spacial score (nSPS) is 24.4. The highest BCUT2D eigenvalue weighted by atomic mass is 19.1. The summed E-state index contributed by atoms with van der Waals surface area (Å²) in [6.45, 7) is 0. The second kappa shape index (κ2) is 3.38. The third kappa shape index (κ3) is 1.90. The van der Waals surface area contributed by atoms with Crippen molar-refractivity contribution in [2.75, 3.05) is 5.32 Å². The highest BCUT2D eigenvalue weighted by Crippen LogP contribution is 2.29. The maximum atomic E-state index is 12.5. The van der Waals surface area contributed by atoms with Gasteiger partial charge in [-0.3, -0.25) is 4.79 Å². The van der Waals surface area contributed by atoms with Crippen LogP contribution in [0.4, 0.5) is 10.1 Å². The second-order valence-corrected chi connectivity index (χ2v) is 3.50. The molecule has 4 heteroatoms. The van der Waals surface area contributed by atoms with E-state index in [4.69, 9.17) is 5.73 Å². The molecule has 74 valence electrons. The van der Waals surface area contributed by atoms with Crippen LogP contribution in [0.15, 0.2) is 24.3 Å². The number of carbonyl (C=O) groups is 1. The molecule has 0 aliphatic heterocycles. The van der Waals surface area contributed by atoms with Crippen LogP contribution in [0.3, 0.4) is 0 Å². The molecule has 1 aliphatic rings. The Morgan fingerprint density at radius 2 is 2.00 bits per heavy atom. The number of hydrogen-bond donors (Lipinski definition) is 2. The van der Waals surface area contributed by atoms with Gasteiger partial charge in [-0.2, -0.15) is 0 Å². The predicted molar refractivity (Wildman–Crippen MR) is 51.1 cm³/mol. The molecule has 1 fully saturated rings. The summed E-state index contributed by atoms with van der Waals surface area (Å²) in [5.41, 5.74) is 6.13. The van der Waals surface area contributed by atoms with E-state index >= 15 is 0 Å². The average Bonchev–Trinajstić information content (AvgIpc) is 2.87. The minimum absolute atomic E-state index is 0.00421. The van der Waals surface area contributed by atoms with Crippen LogP contribution in [0.1, 0.15) is 6.42 Å². The minimum Gasteiger partial charge on any atom is -0.327 e. The van der Waals surface area contributed by atoms with Crippen molar-refractivity contribution in [3.05, 3.63) is 30.1 Å². The lowest BCUT2D eigenvalue weighted by Gasteiger charge is -2.03. The zero-order chi connectivity index (χ0) is 10.1. The molecule has 2 unspecified atom stereocenters. The van der Waals surface area contributed by atoms with Crippen LogP contribution in [-0.2, 0) is 4.79 Å². The highest BCUT2D eigenvalue weighted by Gasteiger charge is 2.39. The zero-order valence-electron chi connectivity index (χ0n) is 7.53. The molecule has 0 heterocycles. The zero-order valence-corrected chi connectivity index (χ0v) is 7.53. The fraction of sp³-hybridized carbons (Fsp3) is 0.300. The van der Waals surface area contributed by atoms with E-state index in [0.717, 1.165) is 6.42 Å². The van der Waals surface area contributed by atoms with Gasteiger partial charge in [0.25, 0.3) is 0 Å². The molecule has 3 N–H and O–H groups in total. The number of nitrogens with two attached hydrogens (primary N) is 1. The fourth-order valence-electron chi connectivity index (χ4n) is 1.28. The van der Waals surface area contributed by atoms with Crippen LogP contribution in [0.25, 0.3) is 0 Å². The molecule has 3 nitrogen and oxygen atoms in total. The van der Waals surface area contributed by atoms with Crippen molar-refractivity contribution in [2.24, 2.45) is 11.7 Å². The lowest BCUT2D eigenvalue weighted by atomic mass is 10.3. The lowest BCUT2D eigenvalue weighted by molar-refractivity contribution is -0.117. The highest BCUT2D eigenvalue weighted by molar-refractivity contribution is 5.94. The topological polar surface area (TPSA) is 55.1 Å². The van der Waals surface area contributed by atoms with Crippen LogP contribution in [-0.4, -0.2) is 11.9 Å². The van der Waals surface area contributed by atoms with Crippen molar-refractivity contribution in [1.82, 2.24) is 0 Å². The van der Waals surface area contributed by atoms with E-state index in [1.807, 2.05) is 0 Å². The van der Waals surface area contributed by atoms with Gasteiger partial charge in [-0.05, 0) is 30.7 Å². The summed E-state index contributed by atoms with van der Waals surface area (Å²) in [6, 6.07) is 5.67. The first-order chi connectivity index (χ1) is 6.66. The van der Waals surface area contributed by atoms with E-state index in [-0.39, 0.29) is 23.7 Å². The summed E-state index contributed by atoms with van der Waals surface area (Å²) in [4.78, 5) is 11.4. The SMILES string of the molecule is NC1CC1C(=O)Nc1ccc(F)cc1. The number of benzene rings is 1. The summed E-state index contributed by atoms with van der Waals surface area (Å²) in [5, 5.41) is 2.68. The maximum absolute atomic E-state index is 12.5. The van der Waals surface area contributed by atoms with Crippen molar-refractivity contribution in [1.29, 1.82) is 0 Å². The summed E-state index contributed by atoms with van der Waals surface area (Å²) in [6.07, 6.45) is 0.743. The van der Waals surface area contributed by atoms with Gasteiger partial charge in [-0.25, -0.2) is 4.39 Å². The Morgan fingerprint density at radius 1 is 1.43 bits per heavy atom. The molecule has 1 aromatic carbocycles. The Morgan fingerprint density at radius 3 is 2.50 bits per heavy atom. The first-order valence-electron chi connectivity index (χ1n) is 4.49. The van der Waals surface area contributed by atoms with Gasteiger partial charge in [-0.1, -0.05) is 0 Å². The van der Waals surface area contributed by atoms with Crippen LogP contribution in [0, 0.1) is 11.7 Å². The van der Waals surface area contributed by atoms with Gasteiger partial charge in [0.05, 0.1) is 5.92 Å². The Labute approximate surface area is 81.1 Å². The molecule has 1 aromatic rings. The Kier molecular flexibility index (Phi) is 2.21. The van der Waals surface area contributed by atoms with Gasteiger partial charge in [-0.15, -0.1) is 0 Å². The number of hydrogen-bond acceptors (Lipinski definition) is 2. The van der Waals surface area contributed by atoms with E-state index in [2.05, 4.69) is 5.32 Å². The smallest absolute Gasteiger partial charge is 0.229 e. The van der Waals surface area contributed by atoms with Crippen LogP contribution in [0.2, 0.25) is 0 Å². The maximum Gasteiger partial charge on any atom is 0.229 e. The molecule has 14 heavy (non-hydrogen) atoms. The third-order valence-electron chi connectivity index (χ3n) is 2.29. The average molecular weight is 194 g/mol. The number of halogens is 1. The van der Waals surface area contributed by atoms with Crippen LogP contribution < -0.4 is 11.1 Å². The lowest BCUT2D eigenvalue weighted by Crippen LogP contribution is -2.18. The number of rotatable bonds is 2. The molecule has 0 bridgehead atoms. The van der Waals surface area contributed by atoms with E-state index in [1.54, 1.807) is 0 Å². The molecule has 0 aromatic heterocycles. The molecule has 1 aliphatic carbocycles. The first-order valence-corrected chi connectivity index (χ1v) is 4.49. The number of anilines is 1. The van der Waals surface area contributed by atoms with Crippen molar-refractivity contribution >= 4 is 11.6 Å². The molecule has 2 atom stereocenters. The molecule has 1 saturated carbocycles. The molecule has 1 amide bonds. The quantitative estimate of drug-likeness (QED) is 0.741. The first kappa shape index (κ1) is 9.15. The number of nitrogens with one attached hydrogen (secondary N) is 1. The second-order valence-electron chi connectivity index (χ2n) is 3.50. The molecule has 2 rings (SSSR count). The van der Waals surface area contributed by atoms with E-state index in [9.17, 15) is 9.18 Å². The largest absolute Gasteiger partial charge is 0.327 e. The van der Waals surface area contributed by atoms with E-state index in [0.29, 0.717) is 5.69 Å². The Balaban J connectivity index is 1.97. The standard InChI is InChI=1S/C10H11FN2O/c11-6-1-3-7(4-2-6)13-10(14)8-5-9(8)12/h1-4,8-9H,5,12H2,(H,13,14). The van der Waals surface area contributed by atoms with Gasteiger partial charge >= 0.3 is 0 Å². The summed E-state index contributed by atoms with van der Waals surface area (Å²) >= 11 is 0. The van der Waals surface area contributed by atoms with Gasteiger partial charge in [0.2, 0.25) is 5.91 Å². The summed E-state index contributed by atoms with van der Waals surface area (Å²) in [5.74, 6) is -0.463. The van der Waals surface area contributed by atoms with E-state index < -0.39 is 0 Å². The summed E-state index contributed by atoms with van der Waals surface area (Å²) in [7, 11) is 0. The molecule has 0 saturated heterocycles. The monoisotopic (exact) mass is 194 g/mol. The third-order valence-corrected chi connectivity index (χ3v) is 2.29. The fourth-order valence-corrected chi connectivity index (χ4v) is 1.28. The van der Waals surface area contributed by atoms with Gasteiger partial charge < -0.3 is 11.1 Å². The number of amides is 1. The molecular formula is C10H11FN2O. The van der Waals surface area contributed by atoms with Crippen LogP contribution in [0.5, 0.6) is 0 Å². The van der Waals surface area contributed by atoms with Gasteiger partial charge in [0.1, 0.15) is 5.82 Å². The minimum atomic E-state index is -0.314. The summed E-state index contributed by atoms with van der Waals surface area (Å²) < 4.78 is 12.5. The Bertz CT molecular complexity index is 350. The van der Waals surface area contributed by atoms with Gasteiger partial charge in [0.15, 0.2) is 0 Å². The number of carbonyl (C=O) groups excluding carboxylic acids is 1. The molecule has 0 spiro atoms. The van der Waals surface area contributed by atoms with Gasteiger partial charge in [0, 0.05) is 11.7 Å². The molecular weight excluding hydrogens is 183 g/mol. The Hall–Kier alpha value is -1.42. The predicted octanol–water partition coefficient (Wildman–Crippen LogP) is 1.11. The molecule has 0 radical (unpaired) electrons. The van der Waals surface area contributed by atoms with Crippen molar-refractivity contribution < 1.29 is 9.18 Å². The van der Waals surface area contributed by atoms with Crippen molar-refractivity contribution in [3.63, 3.8) is 0 Å².